The standard InChI is InChI=1S/C11H16INO2S/c1-16(14,15)8-2-3-11(13)9-4-6-10(12)7-5-9/h4-7,11H,2-3,8,13H2,1H3. The quantitative estimate of drug-likeness (QED) is 0.825. The maximum atomic E-state index is 11.0. The Kier molecular flexibility index (Phi) is 5.20. The first-order chi connectivity index (χ1) is 7.38. The average Bonchev–Trinajstić information content (AvgIpc) is 2.16. The Morgan fingerprint density at radius 1 is 1.31 bits per heavy atom. The van der Waals surface area contributed by atoms with Crippen molar-refractivity contribution < 1.29 is 8.42 Å². The molecular weight excluding hydrogens is 337 g/mol. The monoisotopic (exact) mass is 353 g/mol. The van der Waals surface area contributed by atoms with Crippen molar-refractivity contribution in [1.29, 1.82) is 0 Å². The zero-order valence-electron chi connectivity index (χ0n) is 9.19. The number of nitrogens with two attached hydrogens (primary N) is 1. The van der Waals surface area contributed by atoms with Crippen molar-refractivity contribution in [3.8, 4) is 0 Å². The second-order valence-electron chi connectivity index (χ2n) is 3.93. The topological polar surface area (TPSA) is 60.2 Å². The summed E-state index contributed by atoms with van der Waals surface area (Å²) >= 11 is 2.24. The summed E-state index contributed by atoms with van der Waals surface area (Å²) in [6.45, 7) is 0. The third-order valence-electron chi connectivity index (χ3n) is 2.33. The van der Waals surface area contributed by atoms with E-state index in [4.69, 9.17) is 5.73 Å². The molecule has 0 saturated carbocycles. The van der Waals surface area contributed by atoms with Crippen molar-refractivity contribution in [3.63, 3.8) is 0 Å². The highest BCUT2D eigenvalue weighted by Crippen LogP contribution is 2.17. The SMILES string of the molecule is CS(=O)(=O)CCCC(N)c1ccc(I)cc1. The van der Waals surface area contributed by atoms with Crippen molar-refractivity contribution in [2.24, 2.45) is 5.73 Å². The lowest BCUT2D eigenvalue weighted by Crippen LogP contribution is -2.12. The van der Waals surface area contributed by atoms with Crippen LogP contribution < -0.4 is 5.73 Å². The summed E-state index contributed by atoms with van der Waals surface area (Å²) in [5, 5.41) is 0. The largest absolute Gasteiger partial charge is 0.324 e. The molecule has 1 rings (SSSR count). The molecule has 1 atom stereocenters. The van der Waals surface area contributed by atoms with Crippen molar-refractivity contribution >= 4 is 32.4 Å². The first-order valence-electron chi connectivity index (χ1n) is 5.07. The molecule has 2 N–H and O–H groups in total. The van der Waals surface area contributed by atoms with Gasteiger partial charge < -0.3 is 5.73 Å². The molecule has 3 nitrogen and oxygen atoms in total. The van der Waals surface area contributed by atoms with Crippen LogP contribution >= 0.6 is 22.6 Å². The van der Waals surface area contributed by atoms with Crippen molar-refractivity contribution in [1.82, 2.24) is 0 Å². The van der Waals surface area contributed by atoms with Crippen LogP contribution in [0.3, 0.4) is 0 Å². The smallest absolute Gasteiger partial charge is 0.147 e. The summed E-state index contributed by atoms with van der Waals surface area (Å²) in [5.41, 5.74) is 7.04. The molecule has 0 fully saturated rings. The Hall–Kier alpha value is -0.140. The lowest BCUT2D eigenvalue weighted by molar-refractivity contribution is 0.588. The van der Waals surface area contributed by atoms with E-state index in [0.717, 1.165) is 5.56 Å². The molecule has 16 heavy (non-hydrogen) atoms. The number of benzene rings is 1. The van der Waals surface area contributed by atoms with Gasteiger partial charge in [0.25, 0.3) is 0 Å². The van der Waals surface area contributed by atoms with Gasteiger partial charge in [0.1, 0.15) is 9.84 Å². The fraction of sp³-hybridized carbons (Fsp3) is 0.455. The van der Waals surface area contributed by atoms with Crippen molar-refractivity contribution in [2.45, 2.75) is 18.9 Å². The average molecular weight is 353 g/mol. The lowest BCUT2D eigenvalue weighted by Gasteiger charge is -2.11. The van der Waals surface area contributed by atoms with E-state index >= 15 is 0 Å². The molecule has 0 spiro atoms. The van der Waals surface area contributed by atoms with E-state index in [1.54, 1.807) is 0 Å². The predicted molar refractivity (Wildman–Crippen MR) is 75.0 cm³/mol. The van der Waals surface area contributed by atoms with Gasteiger partial charge in [0.15, 0.2) is 0 Å². The zero-order chi connectivity index (χ0) is 12.2. The summed E-state index contributed by atoms with van der Waals surface area (Å²) in [6, 6.07) is 7.93. The van der Waals surface area contributed by atoms with Gasteiger partial charge in [0, 0.05) is 21.6 Å². The van der Waals surface area contributed by atoms with E-state index in [1.165, 1.54) is 9.83 Å². The zero-order valence-corrected chi connectivity index (χ0v) is 12.2. The third kappa shape index (κ3) is 5.27. The summed E-state index contributed by atoms with van der Waals surface area (Å²) in [5.74, 6) is 0.213. The van der Waals surface area contributed by atoms with Gasteiger partial charge in [-0.15, -0.1) is 0 Å². The molecule has 0 aliphatic rings. The Bertz CT molecular complexity index is 428. The molecule has 1 aromatic carbocycles. The van der Waals surface area contributed by atoms with Gasteiger partial charge in [-0.05, 0) is 53.1 Å². The van der Waals surface area contributed by atoms with Crippen molar-refractivity contribution in [2.75, 3.05) is 12.0 Å². The molecule has 0 radical (unpaired) electrons. The summed E-state index contributed by atoms with van der Waals surface area (Å²) in [4.78, 5) is 0. The van der Waals surface area contributed by atoms with E-state index in [2.05, 4.69) is 22.6 Å². The van der Waals surface area contributed by atoms with Gasteiger partial charge in [0.05, 0.1) is 0 Å². The number of rotatable bonds is 5. The Morgan fingerprint density at radius 2 is 1.88 bits per heavy atom. The minimum absolute atomic E-state index is 0.0706. The third-order valence-corrected chi connectivity index (χ3v) is 4.08. The normalized spacial score (nSPS) is 13.7. The number of sulfone groups is 1. The van der Waals surface area contributed by atoms with Crippen LogP contribution in [0, 0.1) is 3.57 Å². The molecule has 0 bridgehead atoms. The van der Waals surface area contributed by atoms with E-state index in [1.807, 2.05) is 24.3 Å². The molecular formula is C11H16INO2S. The van der Waals surface area contributed by atoms with E-state index in [0.29, 0.717) is 12.8 Å². The first-order valence-corrected chi connectivity index (χ1v) is 8.21. The number of halogens is 1. The van der Waals surface area contributed by atoms with Gasteiger partial charge in [-0.3, -0.25) is 0 Å². The fourth-order valence-corrected chi connectivity index (χ4v) is 2.49. The molecule has 5 heteroatoms. The molecule has 0 saturated heterocycles. The highest BCUT2D eigenvalue weighted by atomic mass is 127. The highest BCUT2D eigenvalue weighted by molar-refractivity contribution is 14.1. The molecule has 1 aromatic rings. The van der Waals surface area contributed by atoms with Crippen LogP contribution in [0.2, 0.25) is 0 Å². The van der Waals surface area contributed by atoms with Crippen LogP contribution in [0.15, 0.2) is 24.3 Å². The first kappa shape index (κ1) is 13.9. The Labute approximate surface area is 110 Å². The van der Waals surface area contributed by atoms with Gasteiger partial charge in [-0.2, -0.15) is 0 Å². The van der Waals surface area contributed by atoms with Gasteiger partial charge in [-0.1, -0.05) is 12.1 Å². The minimum Gasteiger partial charge on any atom is -0.324 e. The lowest BCUT2D eigenvalue weighted by atomic mass is 10.0. The van der Waals surface area contributed by atoms with Crippen LogP contribution in [0.25, 0.3) is 0 Å². The van der Waals surface area contributed by atoms with Crippen LogP contribution in [-0.4, -0.2) is 20.4 Å². The molecule has 0 aliphatic carbocycles. The summed E-state index contributed by atoms with van der Waals surface area (Å²) < 4.78 is 23.1. The van der Waals surface area contributed by atoms with E-state index in [9.17, 15) is 8.42 Å². The summed E-state index contributed by atoms with van der Waals surface area (Å²) in [6.07, 6.45) is 2.57. The van der Waals surface area contributed by atoms with Crippen molar-refractivity contribution in [3.05, 3.63) is 33.4 Å². The molecule has 0 aromatic heterocycles. The summed E-state index contributed by atoms with van der Waals surface area (Å²) in [7, 11) is -2.87. The maximum Gasteiger partial charge on any atom is 0.147 e. The van der Waals surface area contributed by atoms with Crippen LogP contribution in [0.1, 0.15) is 24.4 Å². The minimum atomic E-state index is -2.87. The van der Waals surface area contributed by atoms with E-state index < -0.39 is 9.84 Å². The second kappa shape index (κ2) is 5.97. The molecule has 0 aliphatic heterocycles. The van der Waals surface area contributed by atoms with Gasteiger partial charge in [-0.25, -0.2) is 8.42 Å². The van der Waals surface area contributed by atoms with Gasteiger partial charge >= 0.3 is 0 Å². The molecule has 90 valence electrons. The molecule has 1 unspecified atom stereocenters. The molecule has 0 amide bonds. The van der Waals surface area contributed by atoms with Crippen LogP contribution in [0.5, 0.6) is 0 Å². The molecule has 0 heterocycles. The predicted octanol–water partition coefficient (Wildman–Crippen LogP) is 2.12. The highest BCUT2D eigenvalue weighted by Gasteiger charge is 2.08. The van der Waals surface area contributed by atoms with Crippen LogP contribution in [-0.2, 0) is 9.84 Å². The second-order valence-corrected chi connectivity index (χ2v) is 7.44. The fourth-order valence-electron chi connectivity index (χ4n) is 1.44. The van der Waals surface area contributed by atoms with E-state index in [-0.39, 0.29) is 11.8 Å². The van der Waals surface area contributed by atoms with Gasteiger partial charge in [0.2, 0.25) is 0 Å². The van der Waals surface area contributed by atoms with Crippen LogP contribution in [0.4, 0.5) is 0 Å². The maximum absolute atomic E-state index is 11.0. The Morgan fingerprint density at radius 3 is 2.38 bits per heavy atom. The number of hydrogen-bond donors (Lipinski definition) is 1. The Balaban J connectivity index is 2.47. The number of hydrogen-bond acceptors (Lipinski definition) is 3.